The first-order chi connectivity index (χ1) is 9.22. The number of hydrogen-bond donors (Lipinski definition) is 1. The summed E-state index contributed by atoms with van der Waals surface area (Å²) in [7, 11) is 0. The van der Waals surface area contributed by atoms with E-state index in [-0.39, 0.29) is 0 Å². The van der Waals surface area contributed by atoms with Crippen LogP contribution in [-0.2, 0) is 13.1 Å². The quantitative estimate of drug-likeness (QED) is 0.766. The van der Waals surface area contributed by atoms with E-state index in [4.69, 9.17) is 5.10 Å². The van der Waals surface area contributed by atoms with Crippen molar-refractivity contribution in [3.63, 3.8) is 0 Å². The second kappa shape index (κ2) is 7.06. The standard InChI is InChI=1S/C15H28N4/c1-4-7-16-12-15-13(2)17-19(14(15)3)11-10-18-8-5-6-9-18/h16H,4-12H2,1-3H3. The lowest BCUT2D eigenvalue weighted by Gasteiger charge is -2.15. The lowest BCUT2D eigenvalue weighted by atomic mass is 10.2. The van der Waals surface area contributed by atoms with Crippen LogP contribution in [0, 0.1) is 13.8 Å². The molecular formula is C15H28N4. The molecule has 0 spiro atoms. The highest BCUT2D eigenvalue weighted by Crippen LogP contribution is 2.14. The maximum absolute atomic E-state index is 4.70. The molecule has 0 amide bonds. The van der Waals surface area contributed by atoms with Gasteiger partial charge < -0.3 is 10.2 Å². The summed E-state index contributed by atoms with van der Waals surface area (Å²) < 4.78 is 2.19. The van der Waals surface area contributed by atoms with E-state index >= 15 is 0 Å². The Bertz CT molecular complexity index is 391. The van der Waals surface area contributed by atoms with Gasteiger partial charge in [-0.25, -0.2) is 0 Å². The lowest BCUT2D eigenvalue weighted by Crippen LogP contribution is -2.25. The van der Waals surface area contributed by atoms with Crippen molar-refractivity contribution in [3.8, 4) is 0 Å². The van der Waals surface area contributed by atoms with Crippen molar-refractivity contribution >= 4 is 0 Å². The van der Waals surface area contributed by atoms with Gasteiger partial charge in [-0.3, -0.25) is 4.68 Å². The smallest absolute Gasteiger partial charge is 0.0641 e. The molecule has 4 nitrogen and oxygen atoms in total. The lowest BCUT2D eigenvalue weighted by molar-refractivity contribution is 0.314. The van der Waals surface area contributed by atoms with Crippen LogP contribution >= 0.6 is 0 Å². The monoisotopic (exact) mass is 264 g/mol. The van der Waals surface area contributed by atoms with Gasteiger partial charge in [-0.1, -0.05) is 6.92 Å². The third-order valence-electron chi connectivity index (χ3n) is 4.09. The first-order valence-electron chi connectivity index (χ1n) is 7.68. The first kappa shape index (κ1) is 14.5. The Morgan fingerprint density at radius 2 is 1.89 bits per heavy atom. The molecule has 0 bridgehead atoms. The maximum atomic E-state index is 4.70. The summed E-state index contributed by atoms with van der Waals surface area (Å²) in [6, 6.07) is 0. The topological polar surface area (TPSA) is 33.1 Å². The summed E-state index contributed by atoms with van der Waals surface area (Å²) in [5.41, 5.74) is 3.90. The molecule has 19 heavy (non-hydrogen) atoms. The molecule has 1 fully saturated rings. The molecule has 4 heteroatoms. The van der Waals surface area contributed by atoms with Gasteiger partial charge in [0.2, 0.25) is 0 Å². The average Bonchev–Trinajstić information content (AvgIpc) is 2.99. The van der Waals surface area contributed by atoms with Gasteiger partial charge in [0.1, 0.15) is 0 Å². The van der Waals surface area contributed by atoms with Crippen molar-refractivity contribution < 1.29 is 0 Å². The summed E-state index contributed by atoms with van der Waals surface area (Å²) >= 11 is 0. The van der Waals surface area contributed by atoms with Gasteiger partial charge in [0.15, 0.2) is 0 Å². The highest BCUT2D eigenvalue weighted by Gasteiger charge is 2.14. The predicted molar refractivity (Wildman–Crippen MR) is 79.4 cm³/mol. The fraction of sp³-hybridized carbons (Fsp3) is 0.800. The van der Waals surface area contributed by atoms with Crippen LogP contribution in [0.15, 0.2) is 0 Å². The minimum absolute atomic E-state index is 0.954. The Hall–Kier alpha value is -0.870. The second-order valence-corrected chi connectivity index (χ2v) is 5.60. The van der Waals surface area contributed by atoms with E-state index in [0.29, 0.717) is 0 Å². The molecule has 108 valence electrons. The number of likely N-dealkylation sites (tertiary alicyclic amines) is 1. The molecule has 0 aromatic carbocycles. The molecule has 1 aromatic heterocycles. The van der Waals surface area contributed by atoms with Gasteiger partial charge in [-0.2, -0.15) is 5.10 Å². The Labute approximate surface area is 117 Å². The van der Waals surface area contributed by atoms with Crippen LogP contribution in [0.2, 0.25) is 0 Å². The number of aromatic nitrogens is 2. The van der Waals surface area contributed by atoms with Crippen LogP contribution < -0.4 is 5.32 Å². The first-order valence-corrected chi connectivity index (χ1v) is 7.68. The van der Waals surface area contributed by atoms with Gasteiger partial charge in [0.25, 0.3) is 0 Å². The Morgan fingerprint density at radius 1 is 1.16 bits per heavy atom. The second-order valence-electron chi connectivity index (χ2n) is 5.60. The van der Waals surface area contributed by atoms with Crippen molar-refractivity contribution in [1.29, 1.82) is 0 Å². The Morgan fingerprint density at radius 3 is 2.58 bits per heavy atom. The van der Waals surface area contributed by atoms with E-state index in [1.165, 1.54) is 49.3 Å². The van der Waals surface area contributed by atoms with Crippen LogP contribution in [0.4, 0.5) is 0 Å². The number of nitrogens with one attached hydrogen (secondary N) is 1. The molecule has 1 aliphatic heterocycles. The van der Waals surface area contributed by atoms with Crippen LogP contribution in [-0.4, -0.2) is 40.9 Å². The molecule has 1 N–H and O–H groups in total. The van der Waals surface area contributed by atoms with Crippen molar-refractivity contribution in [2.75, 3.05) is 26.2 Å². The Kier molecular flexibility index (Phi) is 5.40. The number of hydrogen-bond acceptors (Lipinski definition) is 3. The van der Waals surface area contributed by atoms with Gasteiger partial charge in [-0.15, -0.1) is 0 Å². The summed E-state index contributed by atoms with van der Waals surface area (Å²) in [5.74, 6) is 0. The van der Waals surface area contributed by atoms with E-state index in [9.17, 15) is 0 Å². The van der Waals surface area contributed by atoms with Crippen LogP contribution in [0.25, 0.3) is 0 Å². The predicted octanol–water partition coefficient (Wildman–Crippen LogP) is 2.10. The van der Waals surface area contributed by atoms with Gasteiger partial charge in [0, 0.05) is 24.3 Å². The molecule has 1 aromatic rings. The molecule has 1 saturated heterocycles. The summed E-state index contributed by atoms with van der Waals surface area (Å²) in [6.45, 7) is 13.3. The molecular weight excluding hydrogens is 236 g/mol. The third kappa shape index (κ3) is 3.80. The SMILES string of the molecule is CCCNCc1c(C)nn(CCN2CCCC2)c1C. The number of rotatable bonds is 7. The zero-order chi connectivity index (χ0) is 13.7. The zero-order valence-corrected chi connectivity index (χ0v) is 12.7. The van der Waals surface area contributed by atoms with Gasteiger partial charge in [-0.05, 0) is 52.7 Å². The van der Waals surface area contributed by atoms with E-state index in [1.54, 1.807) is 0 Å². The molecule has 2 rings (SSSR count). The van der Waals surface area contributed by atoms with Crippen LogP contribution in [0.3, 0.4) is 0 Å². The fourth-order valence-electron chi connectivity index (χ4n) is 2.84. The van der Waals surface area contributed by atoms with Crippen molar-refractivity contribution in [3.05, 3.63) is 17.0 Å². The normalized spacial score (nSPS) is 16.4. The molecule has 1 aliphatic rings. The molecule has 0 atom stereocenters. The van der Waals surface area contributed by atoms with E-state index in [0.717, 1.165) is 26.2 Å². The fourth-order valence-corrected chi connectivity index (χ4v) is 2.84. The average molecular weight is 264 g/mol. The minimum Gasteiger partial charge on any atom is -0.313 e. The van der Waals surface area contributed by atoms with Crippen LogP contribution in [0.5, 0.6) is 0 Å². The van der Waals surface area contributed by atoms with Gasteiger partial charge >= 0.3 is 0 Å². The highest BCUT2D eigenvalue weighted by molar-refractivity contribution is 5.24. The highest BCUT2D eigenvalue weighted by atomic mass is 15.3. The van der Waals surface area contributed by atoms with Crippen molar-refractivity contribution in [2.45, 2.75) is 53.1 Å². The Balaban J connectivity index is 1.91. The van der Waals surface area contributed by atoms with Crippen molar-refractivity contribution in [2.24, 2.45) is 0 Å². The molecule has 0 aliphatic carbocycles. The third-order valence-corrected chi connectivity index (χ3v) is 4.09. The summed E-state index contributed by atoms with van der Waals surface area (Å²) in [6.07, 6.45) is 3.91. The van der Waals surface area contributed by atoms with E-state index in [2.05, 4.69) is 35.7 Å². The van der Waals surface area contributed by atoms with E-state index < -0.39 is 0 Å². The van der Waals surface area contributed by atoms with Crippen LogP contribution in [0.1, 0.15) is 43.1 Å². The molecule has 0 radical (unpaired) electrons. The largest absolute Gasteiger partial charge is 0.313 e. The molecule has 0 unspecified atom stereocenters. The zero-order valence-electron chi connectivity index (χ0n) is 12.7. The summed E-state index contributed by atoms with van der Waals surface area (Å²) in [5, 5.41) is 8.18. The van der Waals surface area contributed by atoms with Crippen molar-refractivity contribution in [1.82, 2.24) is 20.0 Å². The minimum atomic E-state index is 0.954. The van der Waals surface area contributed by atoms with Gasteiger partial charge in [0.05, 0.1) is 12.2 Å². The maximum Gasteiger partial charge on any atom is 0.0641 e. The number of nitrogens with zero attached hydrogens (tertiary/aromatic N) is 3. The molecule has 2 heterocycles. The summed E-state index contributed by atoms with van der Waals surface area (Å²) in [4.78, 5) is 2.55. The van der Waals surface area contributed by atoms with E-state index in [1.807, 2.05) is 0 Å². The number of aryl methyl sites for hydroxylation is 1. The molecule has 0 saturated carbocycles.